The highest BCUT2D eigenvalue weighted by atomic mass is 16.3. The Labute approximate surface area is 203 Å². The number of aliphatic hydroxyl groups is 2. The second-order valence-electron chi connectivity index (χ2n) is 14.7. The van der Waals surface area contributed by atoms with E-state index in [1.807, 2.05) is 0 Å². The van der Waals surface area contributed by atoms with Gasteiger partial charge >= 0.3 is 0 Å². The molecule has 0 bridgehead atoms. The Morgan fingerprint density at radius 2 is 1.45 bits per heavy atom. The number of fused-ring (bicyclic) bond motifs is 7. The van der Waals surface area contributed by atoms with Crippen LogP contribution in [0.4, 0.5) is 0 Å². The Balaban J connectivity index is 1.57. The third-order valence-corrected chi connectivity index (χ3v) is 13.6. The third-order valence-electron chi connectivity index (χ3n) is 13.6. The van der Waals surface area contributed by atoms with Crippen LogP contribution in [0.2, 0.25) is 0 Å². The number of hydrogen-bond acceptors (Lipinski definition) is 2. The summed E-state index contributed by atoms with van der Waals surface area (Å²) in [7, 11) is 0. The van der Waals surface area contributed by atoms with Crippen molar-refractivity contribution in [3.05, 3.63) is 24.5 Å². The van der Waals surface area contributed by atoms with E-state index in [1.165, 1.54) is 44.1 Å². The Kier molecular flexibility index (Phi) is 5.19. The fourth-order valence-corrected chi connectivity index (χ4v) is 11.6. The molecule has 5 fully saturated rings. The van der Waals surface area contributed by atoms with Crippen molar-refractivity contribution >= 4 is 0 Å². The molecule has 0 aromatic rings. The molecule has 0 aromatic carbocycles. The molecule has 0 radical (unpaired) electrons. The molecular formula is C31H50O2. The van der Waals surface area contributed by atoms with E-state index < -0.39 is 0 Å². The summed E-state index contributed by atoms with van der Waals surface area (Å²) in [5.74, 6) is 3.47. The zero-order valence-corrected chi connectivity index (χ0v) is 22.3. The van der Waals surface area contributed by atoms with E-state index in [1.54, 1.807) is 0 Å². The van der Waals surface area contributed by atoms with Gasteiger partial charge < -0.3 is 10.2 Å². The van der Waals surface area contributed by atoms with Crippen LogP contribution in [0.15, 0.2) is 24.5 Å². The Bertz CT molecular complexity index is 857. The minimum atomic E-state index is -0.160. The van der Waals surface area contributed by atoms with Gasteiger partial charge in [0, 0.05) is 5.41 Å². The molecule has 5 rings (SSSR count). The SMILES string of the molecule is C=C(C)[C@@H]1CC[C@]2(C(=C)O)CC[C@]3(C)[C@H](CC[C@@H]4[C@@]5(C)CC[C@H](O)C(C)(C)[C@@H]5CC[C@]43C)[C@@H]12. The van der Waals surface area contributed by atoms with E-state index in [-0.39, 0.29) is 16.9 Å². The van der Waals surface area contributed by atoms with Gasteiger partial charge in [0.15, 0.2) is 0 Å². The molecule has 0 heterocycles. The summed E-state index contributed by atoms with van der Waals surface area (Å²) in [4.78, 5) is 0. The van der Waals surface area contributed by atoms with Gasteiger partial charge in [0.05, 0.1) is 11.9 Å². The van der Waals surface area contributed by atoms with Gasteiger partial charge in [-0.25, -0.2) is 0 Å². The van der Waals surface area contributed by atoms with Crippen LogP contribution in [0.25, 0.3) is 0 Å². The van der Waals surface area contributed by atoms with E-state index in [2.05, 4.69) is 54.7 Å². The van der Waals surface area contributed by atoms with E-state index in [0.29, 0.717) is 45.7 Å². The molecule has 0 aliphatic heterocycles. The summed E-state index contributed by atoms with van der Waals surface area (Å²) in [6, 6.07) is 0. The van der Waals surface area contributed by atoms with Gasteiger partial charge in [0.25, 0.3) is 0 Å². The summed E-state index contributed by atoms with van der Waals surface area (Å²) in [5, 5.41) is 21.9. The topological polar surface area (TPSA) is 40.5 Å². The summed E-state index contributed by atoms with van der Waals surface area (Å²) < 4.78 is 0. The second kappa shape index (κ2) is 7.14. The van der Waals surface area contributed by atoms with E-state index in [4.69, 9.17) is 0 Å². The monoisotopic (exact) mass is 454 g/mol. The van der Waals surface area contributed by atoms with Crippen LogP contribution in [0, 0.1) is 56.7 Å². The highest BCUT2D eigenvalue weighted by Crippen LogP contribution is 2.78. The first kappa shape index (κ1) is 24.0. The summed E-state index contributed by atoms with van der Waals surface area (Å²) in [6.07, 6.45) is 11.7. The van der Waals surface area contributed by atoms with Crippen LogP contribution >= 0.6 is 0 Å². The Morgan fingerprint density at radius 1 is 0.758 bits per heavy atom. The Hall–Kier alpha value is -0.760. The molecule has 2 nitrogen and oxygen atoms in total. The molecule has 10 atom stereocenters. The fraction of sp³-hybridized carbons (Fsp3) is 0.871. The lowest BCUT2D eigenvalue weighted by Gasteiger charge is -2.73. The molecule has 0 spiro atoms. The molecule has 5 aliphatic rings. The van der Waals surface area contributed by atoms with Crippen molar-refractivity contribution in [1.29, 1.82) is 0 Å². The van der Waals surface area contributed by atoms with E-state index in [9.17, 15) is 10.2 Å². The maximum atomic E-state index is 10.9. The first-order chi connectivity index (χ1) is 15.3. The van der Waals surface area contributed by atoms with Crippen LogP contribution in [-0.4, -0.2) is 16.3 Å². The van der Waals surface area contributed by atoms with Gasteiger partial charge in [-0.15, -0.1) is 0 Å². The molecule has 0 aromatic heterocycles. The molecule has 186 valence electrons. The largest absolute Gasteiger partial charge is 0.512 e. The summed E-state index contributed by atoms with van der Waals surface area (Å²) in [5.41, 5.74) is 2.19. The van der Waals surface area contributed by atoms with Crippen molar-refractivity contribution in [3.63, 3.8) is 0 Å². The number of allylic oxidation sites excluding steroid dienone is 2. The lowest BCUT2D eigenvalue weighted by atomic mass is 9.32. The highest BCUT2D eigenvalue weighted by molar-refractivity contribution is 5.25. The number of hydrogen-bond donors (Lipinski definition) is 2. The molecule has 5 saturated carbocycles. The van der Waals surface area contributed by atoms with Crippen molar-refractivity contribution in [2.75, 3.05) is 0 Å². The average Bonchev–Trinajstić information content (AvgIpc) is 3.13. The number of aliphatic hydroxyl groups excluding tert-OH is 2. The van der Waals surface area contributed by atoms with Crippen LogP contribution in [-0.2, 0) is 0 Å². The predicted octanol–water partition coefficient (Wildman–Crippen LogP) is 8.08. The molecule has 0 unspecified atom stereocenters. The first-order valence-electron chi connectivity index (χ1n) is 14.0. The first-order valence-corrected chi connectivity index (χ1v) is 14.0. The van der Waals surface area contributed by atoms with Gasteiger partial charge in [0.1, 0.15) is 0 Å². The van der Waals surface area contributed by atoms with Crippen molar-refractivity contribution in [2.24, 2.45) is 56.7 Å². The zero-order valence-electron chi connectivity index (χ0n) is 22.3. The van der Waals surface area contributed by atoms with Crippen LogP contribution in [0.3, 0.4) is 0 Å². The van der Waals surface area contributed by atoms with Crippen LogP contribution in [0.5, 0.6) is 0 Å². The molecule has 33 heavy (non-hydrogen) atoms. The van der Waals surface area contributed by atoms with Gasteiger partial charge in [0.2, 0.25) is 0 Å². The lowest BCUT2D eigenvalue weighted by Crippen LogP contribution is -2.66. The second-order valence-corrected chi connectivity index (χ2v) is 14.7. The van der Waals surface area contributed by atoms with Gasteiger partial charge in [-0.05, 0) is 122 Å². The molecule has 0 amide bonds. The smallest absolute Gasteiger partial charge is 0.0915 e. The van der Waals surface area contributed by atoms with Gasteiger partial charge in [-0.2, -0.15) is 0 Å². The molecule has 2 heteroatoms. The molecule has 2 N–H and O–H groups in total. The maximum absolute atomic E-state index is 10.9. The van der Waals surface area contributed by atoms with Crippen molar-refractivity contribution < 1.29 is 10.2 Å². The third kappa shape index (κ3) is 2.77. The summed E-state index contributed by atoms with van der Waals surface area (Å²) >= 11 is 0. The maximum Gasteiger partial charge on any atom is 0.0915 e. The van der Waals surface area contributed by atoms with E-state index in [0.717, 1.165) is 31.6 Å². The summed E-state index contributed by atoms with van der Waals surface area (Å²) in [6.45, 7) is 23.4. The molecular weight excluding hydrogens is 404 g/mol. The molecule has 5 aliphatic carbocycles. The van der Waals surface area contributed by atoms with Crippen molar-refractivity contribution in [3.8, 4) is 0 Å². The average molecular weight is 455 g/mol. The predicted molar refractivity (Wildman–Crippen MR) is 137 cm³/mol. The fourth-order valence-electron chi connectivity index (χ4n) is 11.6. The van der Waals surface area contributed by atoms with Gasteiger partial charge in [-0.3, -0.25) is 0 Å². The number of rotatable bonds is 2. The van der Waals surface area contributed by atoms with E-state index >= 15 is 0 Å². The minimum absolute atomic E-state index is 0.0128. The molecule has 0 saturated heterocycles. The highest BCUT2D eigenvalue weighted by Gasteiger charge is 2.71. The van der Waals surface area contributed by atoms with Crippen LogP contribution < -0.4 is 0 Å². The Morgan fingerprint density at radius 3 is 2.09 bits per heavy atom. The quantitative estimate of drug-likeness (QED) is 0.327. The lowest BCUT2D eigenvalue weighted by molar-refractivity contribution is -0.246. The van der Waals surface area contributed by atoms with Crippen molar-refractivity contribution in [2.45, 2.75) is 112 Å². The standard InChI is InChI=1S/C31H50O2/c1-19(2)21-11-16-31(20(3)32)18-17-29(7)22(26(21)31)9-10-24-28(6)14-13-25(33)27(4,5)23(28)12-15-30(24,29)8/h21-26,32-33H,1,3,9-18H2,2,4-8H3/t21-,22+,23-,24+,25-,26+,28-,29+,30+,31+/m0/s1. The van der Waals surface area contributed by atoms with Crippen LogP contribution in [0.1, 0.15) is 106 Å². The van der Waals surface area contributed by atoms with Gasteiger partial charge in [-0.1, -0.05) is 53.3 Å². The normalized spacial score (nSPS) is 55.0. The van der Waals surface area contributed by atoms with Crippen molar-refractivity contribution in [1.82, 2.24) is 0 Å². The zero-order chi connectivity index (χ0) is 24.2. The minimum Gasteiger partial charge on any atom is -0.512 e.